The van der Waals surface area contributed by atoms with Crippen molar-refractivity contribution in [2.45, 2.75) is 12.5 Å². The van der Waals surface area contributed by atoms with Gasteiger partial charge in [-0.15, -0.1) is 0 Å². The molecule has 0 amide bonds. The Morgan fingerprint density at radius 1 is 1.61 bits per heavy atom. The van der Waals surface area contributed by atoms with Gasteiger partial charge in [0.1, 0.15) is 5.82 Å². The average Bonchev–Trinajstić information content (AvgIpc) is 2.82. The van der Waals surface area contributed by atoms with Crippen LogP contribution in [0.15, 0.2) is 18.2 Å². The van der Waals surface area contributed by atoms with Crippen LogP contribution in [0.2, 0.25) is 5.02 Å². The third-order valence-electron chi connectivity index (χ3n) is 3.38. The lowest BCUT2D eigenvalue weighted by Gasteiger charge is -2.23. The summed E-state index contributed by atoms with van der Waals surface area (Å²) >= 11 is 5.79. The SMILES string of the molecule is CN(CC#N)C1CCN(c2ccc(F)c(Cl)c2)C1. The quantitative estimate of drug-likeness (QED) is 0.789. The van der Waals surface area contributed by atoms with Gasteiger partial charge in [0.2, 0.25) is 0 Å². The van der Waals surface area contributed by atoms with Gasteiger partial charge in [-0.05, 0) is 31.7 Å². The zero-order valence-electron chi connectivity index (χ0n) is 10.2. The van der Waals surface area contributed by atoms with E-state index >= 15 is 0 Å². The molecule has 0 aliphatic carbocycles. The molecule has 5 heteroatoms. The largest absolute Gasteiger partial charge is 0.370 e. The van der Waals surface area contributed by atoms with E-state index in [4.69, 9.17) is 16.9 Å². The maximum absolute atomic E-state index is 13.1. The fourth-order valence-corrected chi connectivity index (χ4v) is 2.43. The van der Waals surface area contributed by atoms with Crippen LogP contribution in [0.3, 0.4) is 0 Å². The summed E-state index contributed by atoms with van der Waals surface area (Å²) in [5.74, 6) is -0.391. The highest BCUT2D eigenvalue weighted by Crippen LogP contribution is 2.26. The van der Waals surface area contributed by atoms with E-state index in [9.17, 15) is 4.39 Å². The molecule has 0 saturated carbocycles. The molecule has 1 heterocycles. The average molecular weight is 268 g/mol. The number of benzene rings is 1. The molecule has 1 aromatic rings. The van der Waals surface area contributed by atoms with Crippen LogP contribution >= 0.6 is 11.6 Å². The smallest absolute Gasteiger partial charge is 0.141 e. The molecule has 1 aliphatic rings. The second-order valence-electron chi connectivity index (χ2n) is 4.56. The molecule has 1 aliphatic heterocycles. The summed E-state index contributed by atoms with van der Waals surface area (Å²) < 4.78 is 13.1. The van der Waals surface area contributed by atoms with E-state index in [0.29, 0.717) is 12.6 Å². The lowest BCUT2D eigenvalue weighted by Crippen LogP contribution is -2.34. The third kappa shape index (κ3) is 2.74. The molecule has 2 rings (SSSR count). The first-order valence-corrected chi connectivity index (χ1v) is 6.27. The highest BCUT2D eigenvalue weighted by atomic mass is 35.5. The van der Waals surface area contributed by atoms with Gasteiger partial charge in [0.25, 0.3) is 0 Å². The third-order valence-corrected chi connectivity index (χ3v) is 3.66. The summed E-state index contributed by atoms with van der Waals surface area (Å²) in [6.07, 6.45) is 1.01. The zero-order chi connectivity index (χ0) is 13.1. The number of anilines is 1. The van der Waals surface area contributed by atoms with Gasteiger partial charge in [0.15, 0.2) is 0 Å². The van der Waals surface area contributed by atoms with Crippen molar-refractivity contribution in [2.75, 3.05) is 31.6 Å². The molecule has 0 bridgehead atoms. The molecule has 1 aromatic carbocycles. The Morgan fingerprint density at radius 3 is 3.06 bits per heavy atom. The molecular formula is C13H15ClFN3. The van der Waals surface area contributed by atoms with E-state index < -0.39 is 5.82 Å². The van der Waals surface area contributed by atoms with Gasteiger partial charge in [-0.3, -0.25) is 4.90 Å². The molecule has 1 fully saturated rings. The monoisotopic (exact) mass is 267 g/mol. The molecule has 18 heavy (non-hydrogen) atoms. The predicted molar refractivity (Wildman–Crippen MR) is 70.3 cm³/mol. The van der Waals surface area contributed by atoms with E-state index in [-0.39, 0.29) is 5.02 Å². The lowest BCUT2D eigenvalue weighted by atomic mass is 10.2. The first-order valence-electron chi connectivity index (χ1n) is 5.89. The van der Waals surface area contributed by atoms with Gasteiger partial charge >= 0.3 is 0 Å². The van der Waals surface area contributed by atoms with Crippen molar-refractivity contribution < 1.29 is 4.39 Å². The zero-order valence-corrected chi connectivity index (χ0v) is 11.0. The standard InChI is InChI=1S/C13H15ClFN3/c1-17(7-5-16)11-4-6-18(9-11)10-2-3-13(15)12(14)8-10/h2-3,8,11H,4,6-7,9H2,1H3. The molecule has 96 valence electrons. The number of halogens is 2. The van der Waals surface area contributed by atoms with Crippen LogP contribution in [0, 0.1) is 17.1 Å². The number of nitriles is 1. The first kappa shape index (κ1) is 13.1. The Labute approximate surface area is 111 Å². The van der Waals surface area contributed by atoms with Crippen LogP contribution in [0.1, 0.15) is 6.42 Å². The van der Waals surface area contributed by atoms with Crippen molar-refractivity contribution in [3.05, 3.63) is 29.0 Å². The van der Waals surface area contributed by atoms with E-state index in [1.165, 1.54) is 6.07 Å². The summed E-state index contributed by atoms with van der Waals surface area (Å²) in [6, 6.07) is 7.31. The Balaban J connectivity index is 2.04. The molecule has 1 saturated heterocycles. The molecule has 3 nitrogen and oxygen atoms in total. The van der Waals surface area contributed by atoms with E-state index in [2.05, 4.69) is 11.0 Å². The van der Waals surface area contributed by atoms with Crippen molar-refractivity contribution >= 4 is 17.3 Å². The number of likely N-dealkylation sites (N-methyl/N-ethyl adjacent to an activating group) is 1. The molecule has 0 spiro atoms. The van der Waals surface area contributed by atoms with Crippen LogP contribution in [0.4, 0.5) is 10.1 Å². The summed E-state index contributed by atoms with van der Waals surface area (Å²) in [7, 11) is 1.95. The van der Waals surface area contributed by atoms with Crippen molar-refractivity contribution in [2.24, 2.45) is 0 Å². The normalized spacial score (nSPS) is 19.3. The fourth-order valence-electron chi connectivity index (χ4n) is 2.26. The molecule has 1 unspecified atom stereocenters. The first-order chi connectivity index (χ1) is 8.61. The van der Waals surface area contributed by atoms with Gasteiger partial charge in [-0.1, -0.05) is 11.6 Å². The number of hydrogen-bond acceptors (Lipinski definition) is 3. The number of hydrogen-bond donors (Lipinski definition) is 0. The summed E-state index contributed by atoms with van der Waals surface area (Å²) in [4.78, 5) is 4.22. The Bertz CT molecular complexity index is 472. The van der Waals surface area contributed by atoms with Gasteiger partial charge in [0, 0.05) is 24.8 Å². The van der Waals surface area contributed by atoms with Crippen LogP contribution in [0.25, 0.3) is 0 Å². The lowest BCUT2D eigenvalue weighted by molar-refractivity contribution is 0.289. The highest BCUT2D eigenvalue weighted by molar-refractivity contribution is 6.31. The van der Waals surface area contributed by atoms with Crippen molar-refractivity contribution in [1.82, 2.24) is 4.90 Å². The second-order valence-corrected chi connectivity index (χ2v) is 4.97. The highest BCUT2D eigenvalue weighted by Gasteiger charge is 2.25. The number of rotatable bonds is 3. The Hall–Kier alpha value is -1.31. The summed E-state index contributed by atoms with van der Waals surface area (Å²) in [5, 5.41) is 8.84. The van der Waals surface area contributed by atoms with Crippen LogP contribution in [0.5, 0.6) is 0 Å². The predicted octanol–water partition coefficient (Wildman–Crippen LogP) is 2.51. The Kier molecular flexibility index (Phi) is 4.05. The minimum atomic E-state index is -0.391. The molecule has 1 atom stereocenters. The Morgan fingerprint density at radius 2 is 2.39 bits per heavy atom. The molecule has 0 aromatic heterocycles. The van der Waals surface area contributed by atoms with Crippen LogP contribution in [-0.4, -0.2) is 37.6 Å². The van der Waals surface area contributed by atoms with Crippen molar-refractivity contribution in [3.8, 4) is 6.07 Å². The van der Waals surface area contributed by atoms with E-state index in [1.807, 2.05) is 11.9 Å². The van der Waals surface area contributed by atoms with Crippen molar-refractivity contribution in [3.63, 3.8) is 0 Å². The molecule has 0 radical (unpaired) electrons. The molecule has 0 N–H and O–H groups in total. The van der Waals surface area contributed by atoms with Crippen molar-refractivity contribution in [1.29, 1.82) is 5.26 Å². The summed E-state index contributed by atoms with van der Waals surface area (Å²) in [6.45, 7) is 2.19. The van der Waals surface area contributed by atoms with Gasteiger partial charge in [0.05, 0.1) is 17.6 Å². The van der Waals surface area contributed by atoms with Crippen LogP contribution < -0.4 is 4.90 Å². The van der Waals surface area contributed by atoms with Crippen LogP contribution in [-0.2, 0) is 0 Å². The fraction of sp³-hybridized carbons (Fsp3) is 0.462. The van der Waals surface area contributed by atoms with E-state index in [0.717, 1.165) is 25.2 Å². The maximum Gasteiger partial charge on any atom is 0.141 e. The summed E-state index contributed by atoms with van der Waals surface area (Å²) in [5.41, 5.74) is 0.939. The second kappa shape index (κ2) is 5.55. The minimum absolute atomic E-state index is 0.154. The number of nitrogens with zero attached hydrogens (tertiary/aromatic N) is 3. The van der Waals surface area contributed by atoms with Gasteiger partial charge in [-0.25, -0.2) is 4.39 Å². The maximum atomic E-state index is 13.1. The van der Waals surface area contributed by atoms with Gasteiger partial charge < -0.3 is 4.90 Å². The minimum Gasteiger partial charge on any atom is -0.370 e. The molecular weight excluding hydrogens is 253 g/mol. The van der Waals surface area contributed by atoms with E-state index in [1.54, 1.807) is 12.1 Å². The topological polar surface area (TPSA) is 30.3 Å². The van der Waals surface area contributed by atoms with Gasteiger partial charge in [-0.2, -0.15) is 5.26 Å².